The van der Waals surface area contributed by atoms with E-state index in [0.29, 0.717) is 6.04 Å². The van der Waals surface area contributed by atoms with Crippen molar-refractivity contribution in [2.45, 2.75) is 45.1 Å². The fourth-order valence-corrected chi connectivity index (χ4v) is 4.91. The molecule has 0 saturated carbocycles. The van der Waals surface area contributed by atoms with Crippen LogP contribution in [0, 0.1) is 0 Å². The maximum Gasteiger partial charge on any atom is 0.0679 e. The van der Waals surface area contributed by atoms with E-state index < -0.39 is 0 Å². The zero-order valence-electron chi connectivity index (χ0n) is 11.4. The molecular weight excluding hydrogens is 270 g/mol. The zero-order chi connectivity index (χ0) is 13.1. The van der Waals surface area contributed by atoms with Crippen LogP contribution in [0.4, 0.5) is 0 Å². The molecule has 1 atom stereocenters. The van der Waals surface area contributed by atoms with Gasteiger partial charge in [0, 0.05) is 9.75 Å². The Morgan fingerprint density at radius 3 is 2.95 bits per heavy atom. The highest BCUT2D eigenvalue weighted by molar-refractivity contribution is 7.12. The first-order valence-corrected chi connectivity index (χ1v) is 9.01. The quantitative estimate of drug-likeness (QED) is 0.800. The van der Waals surface area contributed by atoms with E-state index in [1.165, 1.54) is 42.5 Å². The topological polar surface area (TPSA) is 12.0 Å². The molecule has 1 unspecified atom stereocenters. The second-order valence-electron chi connectivity index (χ2n) is 5.21. The van der Waals surface area contributed by atoms with Crippen molar-refractivity contribution in [1.29, 1.82) is 0 Å². The normalized spacial score (nSPS) is 16.9. The summed E-state index contributed by atoms with van der Waals surface area (Å²) in [6, 6.07) is 5.12. The maximum absolute atomic E-state index is 3.64. The molecule has 2 aromatic rings. The van der Waals surface area contributed by atoms with Gasteiger partial charge in [-0.2, -0.15) is 11.3 Å². The van der Waals surface area contributed by atoms with Crippen LogP contribution in [0.15, 0.2) is 22.9 Å². The second-order valence-corrected chi connectivity index (χ2v) is 7.15. The molecule has 3 heteroatoms. The molecule has 1 aliphatic carbocycles. The summed E-state index contributed by atoms with van der Waals surface area (Å²) >= 11 is 3.83. The second kappa shape index (κ2) is 6.21. The van der Waals surface area contributed by atoms with E-state index >= 15 is 0 Å². The van der Waals surface area contributed by atoms with Gasteiger partial charge in [-0.25, -0.2) is 0 Å². The molecule has 0 spiro atoms. The summed E-state index contributed by atoms with van der Waals surface area (Å²) in [6.45, 7) is 3.21. The van der Waals surface area contributed by atoms with Crippen LogP contribution in [-0.4, -0.2) is 6.54 Å². The maximum atomic E-state index is 3.64. The van der Waals surface area contributed by atoms with Crippen molar-refractivity contribution in [2.24, 2.45) is 0 Å². The minimum Gasteiger partial charge on any atom is -0.306 e. The molecule has 0 aliphatic heterocycles. The van der Waals surface area contributed by atoms with E-state index in [2.05, 4.69) is 35.1 Å². The molecule has 0 fully saturated rings. The number of rotatable bonds is 4. The first kappa shape index (κ1) is 13.3. The fourth-order valence-electron chi connectivity index (χ4n) is 2.86. The Balaban J connectivity index is 1.90. The third-order valence-corrected chi connectivity index (χ3v) is 5.84. The van der Waals surface area contributed by atoms with E-state index in [1.54, 1.807) is 21.8 Å². The molecule has 3 rings (SSSR count). The number of hydrogen-bond donors (Lipinski definition) is 1. The van der Waals surface area contributed by atoms with Crippen LogP contribution < -0.4 is 5.32 Å². The SMILES string of the molecule is CCNC(c1ccsc1)c1cc2c(s1)CCCCC2. The molecule has 0 amide bonds. The van der Waals surface area contributed by atoms with Crippen molar-refractivity contribution < 1.29 is 0 Å². The van der Waals surface area contributed by atoms with E-state index in [4.69, 9.17) is 0 Å². The lowest BCUT2D eigenvalue weighted by Gasteiger charge is -2.15. The van der Waals surface area contributed by atoms with Crippen LogP contribution in [0.5, 0.6) is 0 Å². The number of nitrogens with one attached hydrogen (secondary N) is 1. The van der Waals surface area contributed by atoms with Crippen LogP contribution in [0.1, 0.15) is 53.1 Å². The Kier molecular flexibility index (Phi) is 4.36. The lowest BCUT2D eigenvalue weighted by atomic mass is 10.1. The number of hydrogen-bond acceptors (Lipinski definition) is 3. The van der Waals surface area contributed by atoms with Crippen molar-refractivity contribution in [2.75, 3.05) is 6.54 Å². The van der Waals surface area contributed by atoms with E-state index in [0.717, 1.165) is 6.54 Å². The number of fused-ring (bicyclic) bond motifs is 1. The molecule has 1 nitrogen and oxygen atoms in total. The van der Waals surface area contributed by atoms with Crippen molar-refractivity contribution in [3.63, 3.8) is 0 Å². The Morgan fingerprint density at radius 1 is 1.26 bits per heavy atom. The first-order valence-electron chi connectivity index (χ1n) is 7.25. The van der Waals surface area contributed by atoms with Gasteiger partial charge in [-0.15, -0.1) is 11.3 Å². The van der Waals surface area contributed by atoms with Crippen LogP contribution in [-0.2, 0) is 12.8 Å². The third-order valence-electron chi connectivity index (χ3n) is 3.83. The highest BCUT2D eigenvalue weighted by Crippen LogP contribution is 2.35. The van der Waals surface area contributed by atoms with Crippen LogP contribution >= 0.6 is 22.7 Å². The monoisotopic (exact) mass is 291 g/mol. The number of aryl methyl sites for hydroxylation is 2. The first-order chi connectivity index (χ1) is 9.38. The van der Waals surface area contributed by atoms with Gasteiger partial charge in [0.05, 0.1) is 6.04 Å². The van der Waals surface area contributed by atoms with Crippen molar-refractivity contribution in [3.8, 4) is 0 Å². The fraction of sp³-hybridized carbons (Fsp3) is 0.500. The lowest BCUT2D eigenvalue weighted by molar-refractivity contribution is 0.640. The van der Waals surface area contributed by atoms with Crippen molar-refractivity contribution >= 4 is 22.7 Å². The zero-order valence-corrected chi connectivity index (χ0v) is 13.1. The summed E-state index contributed by atoms with van der Waals surface area (Å²) in [5.74, 6) is 0. The van der Waals surface area contributed by atoms with E-state index in [1.807, 2.05) is 11.3 Å². The van der Waals surface area contributed by atoms with E-state index in [9.17, 15) is 0 Å². The molecular formula is C16H21NS2. The van der Waals surface area contributed by atoms with Gasteiger partial charge in [0.1, 0.15) is 0 Å². The lowest BCUT2D eigenvalue weighted by Crippen LogP contribution is -2.20. The summed E-state index contributed by atoms with van der Waals surface area (Å²) in [7, 11) is 0. The summed E-state index contributed by atoms with van der Waals surface area (Å²) < 4.78 is 0. The standard InChI is InChI=1S/C16H21NS2/c1-2-17-16(13-8-9-18-11-13)15-10-12-6-4-3-5-7-14(12)19-15/h8-11,16-17H,2-7H2,1H3. The van der Waals surface area contributed by atoms with Gasteiger partial charge in [-0.3, -0.25) is 0 Å². The average molecular weight is 291 g/mol. The average Bonchev–Trinajstić information content (AvgIpc) is 3.02. The summed E-state index contributed by atoms with van der Waals surface area (Å²) in [6.07, 6.45) is 6.72. The smallest absolute Gasteiger partial charge is 0.0679 e. The number of thiophene rings is 2. The third kappa shape index (κ3) is 2.93. The largest absolute Gasteiger partial charge is 0.306 e. The molecule has 19 heavy (non-hydrogen) atoms. The van der Waals surface area contributed by atoms with Crippen molar-refractivity contribution in [3.05, 3.63) is 43.8 Å². The van der Waals surface area contributed by atoms with Crippen LogP contribution in [0.25, 0.3) is 0 Å². The Labute approximate surface area is 123 Å². The summed E-state index contributed by atoms with van der Waals surface area (Å²) in [5.41, 5.74) is 3.04. The molecule has 0 aromatic carbocycles. The molecule has 0 radical (unpaired) electrons. The van der Waals surface area contributed by atoms with Gasteiger partial charge in [0.2, 0.25) is 0 Å². The Morgan fingerprint density at radius 2 is 2.16 bits per heavy atom. The highest BCUT2D eigenvalue weighted by Gasteiger charge is 2.19. The van der Waals surface area contributed by atoms with Gasteiger partial charge < -0.3 is 5.32 Å². The predicted molar refractivity (Wildman–Crippen MR) is 85.4 cm³/mol. The van der Waals surface area contributed by atoms with Gasteiger partial charge in [-0.1, -0.05) is 13.3 Å². The van der Waals surface area contributed by atoms with Gasteiger partial charge in [-0.05, 0) is 66.2 Å². The Hall–Kier alpha value is -0.640. The summed E-state index contributed by atoms with van der Waals surface area (Å²) in [4.78, 5) is 3.15. The Bertz CT molecular complexity index is 489. The minimum atomic E-state index is 0.396. The molecule has 2 heterocycles. The molecule has 1 aliphatic rings. The molecule has 102 valence electrons. The van der Waals surface area contributed by atoms with Gasteiger partial charge in [0.25, 0.3) is 0 Å². The van der Waals surface area contributed by atoms with Crippen molar-refractivity contribution in [1.82, 2.24) is 5.32 Å². The molecule has 0 bridgehead atoms. The molecule has 2 aromatic heterocycles. The van der Waals surface area contributed by atoms with Crippen LogP contribution in [0.3, 0.4) is 0 Å². The van der Waals surface area contributed by atoms with E-state index in [-0.39, 0.29) is 0 Å². The van der Waals surface area contributed by atoms with Crippen LogP contribution in [0.2, 0.25) is 0 Å². The molecule has 1 N–H and O–H groups in total. The highest BCUT2D eigenvalue weighted by atomic mass is 32.1. The summed E-state index contributed by atoms with van der Waals surface area (Å²) in [5, 5.41) is 8.10. The van der Waals surface area contributed by atoms with Gasteiger partial charge >= 0.3 is 0 Å². The van der Waals surface area contributed by atoms with Gasteiger partial charge in [0.15, 0.2) is 0 Å². The minimum absolute atomic E-state index is 0.396. The molecule has 0 saturated heterocycles. The predicted octanol–water partition coefficient (Wildman–Crippen LogP) is 4.78.